The zero-order valence-electron chi connectivity index (χ0n) is 11.6. The molecule has 7 heteroatoms. The highest BCUT2D eigenvalue weighted by Crippen LogP contribution is 2.37. The number of carbonyl (C=O) groups is 1. The van der Waals surface area contributed by atoms with Crippen molar-refractivity contribution < 1.29 is 13.2 Å². The Labute approximate surface area is 125 Å². The predicted octanol–water partition coefficient (Wildman–Crippen LogP) is 0.916. The van der Waals surface area contributed by atoms with Crippen molar-refractivity contribution in [3.8, 4) is 0 Å². The van der Waals surface area contributed by atoms with Crippen molar-refractivity contribution >= 4 is 33.0 Å². The smallest absolute Gasteiger partial charge is 0.233 e. The van der Waals surface area contributed by atoms with Gasteiger partial charge in [-0.25, -0.2) is 8.42 Å². The van der Waals surface area contributed by atoms with Gasteiger partial charge in [0.25, 0.3) is 0 Å². The van der Waals surface area contributed by atoms with Crippen molar-refractivity contribution in [3.05, 3.63) is 0 Å². The van der Waals surface area contributed by atoms with E-state index in [2.05, 4.69) is 5.32 Å². The average Bonchev–Trinajstić information content (AvgIpc) is 2.75. The van der Waals surface area contributed by atoms with Crippen LogP contribution < -0.4 is 11.1 Å². The van der Waals surface area contributed by atoms with Crippen LogP contribution in [0.2, 0.25) is 0 Å². The molecular weight excluding hydrogens is 296 g/mol. The number of amides is 1. The van der Waals surface area contributed by atoms with Crippen LogP contribution in [0.3, 0.4) is 0 Å². The minimum Gasteiger partial charge on any atom is -0.392 e. The van der Waals surface area contributed by atoms with Crippen molar-refractivity contribution in [1.29, 1.82) is 0 Å². The molecule has 0 bridgehead atoms. The van der Waals surface area contributed by atoms with E-state index in [0.29, 0.717) is 25.7 Å². The van der Waals surface area contributed by atoms with Gasteiger partial charge in [-0.3, -0.25) is 4.79 Å². The molecule has 2 fully saturated rings. The molecule has 0 radical (unpaired) electrons. The van der Waals surface area contributed by atoms with Gasteiger partial charge in [0.15, 0.2) is 9.84 Å². The molecule has 5 nitrogen and oxygen atoms in total. The zero-order chi connectivity index (χ0) is 14.8. The minimum absolute atomic E-state index is 0.186. The van der Waals surface area contributed by atoms with Crippen LogP contribution in [0.4, 0.5) is 0 Å². The highest BCUT2D eigenvalue weighted by Gasteiger charge is 2.43. The molecule has 114 valence electrons. The fourth-order valence-electron chi connectivity index (χ4n) is 3.20. The van der Waals surface area contributed by atoms with Crippen LogP contribution in [0.5, 0.6) is 0 Å². The molecule has 1 aliphatic heterocycles. The molecule has 0 aromatic heterocycles. The minimum atomic E-state index is -3.03. The lowest BCUT2D eigenvalue weighted by atomic mass is 9.73. The molecule has 1 saturated heterocycles. The molecule has 0 spiro atoms. The van der Waals surface area contributed by atoms with Crippen molar-refractivity contribution in [1.82, 2.24) is 5.32 Å². The molecule has 2 rings (SSSR count). The molecule has 1 aliphatic carbocycles. The van der Waals surface area contributed by atoms with Gasteiger partial charge in [-0.1, -0.05) is 31.5 Å². The maximum Gasteiger partial charge on any atom is 0.233 e. The second kappa shape index (κ2) is 5.97. The summed E-state index contributed by atoms with van der Waals surface area (Å²) in [7, 11) is -3.03. The van der Waals surface area contributed by atoms with Gasteiger partial charge >= 0.3 is 0 Å². The van der Waals surface area contributed by atoms with Crippen molar-refractivity contribution in [2.24, 2.45) is 11.1 Å². The van der Waals surface area contributed by atoms with Gasteiger partial charge in [-0.15, -0.1) is 0 Å². The Kier molecular flexibility index (Phi) is 4.69. The Balaban J connectivity index is 2.01. The Morgan fingerprint density at radius 2 is 1.90 bits per heavy atom. The third-order valence-electron chi connectivity index (χ3n) is 4.57. The average molecular weight is 318 g/mol. The van der Waals surface area contributed by atoms with E-state index in [4.69, 9.17) is 18.0 Å². The summed E-state index contributed by atoms with van der Waals surface area (Å²) in [5.41, 5.74) is 5.02. The second-order valence-electron chi connectivity index (χ2n) is 5.85. The maximum atomic E-state index is 12.5. The lowest BCUT2D eigenvalue weighted by Crippen LogP contribution is -2.51. The molecule has 20 heavy (non-hydrogen) atoms. The maximum absolute atomic E-state index is 12.5. The van der Waals surface area contributed by atoms with E-state index in [0.717, 1.165) is 19.3 Å². The first-order chi connectivity index (χ1) is 9.38. The van der Waals surface area contributed by atoms with Crippen LogP contribution in [-0.4, -0.2) is 36.9 Å². The molecule has 1 heterocycles. The quantitative estimate of drug-likeness (QED) is 0.752. The summed E-state index contributed by atoms with van der Waals surface area (Å²) in [6, 6.07) is 0. The number of hydrogen-bond acceptors (Lipinski definition) is 4. The van der Waals surface area contributed by atoms with E-state index < -0.39 is 20.5 Å². The van der Waals surface area contributed by atoms with Gasteiger partial charge in [0.1, 0.15) is 0 Å². The molecular formula is C13H22N2O3S2. The van der Waals surface area contributed by atoms with Crippen LogP contribution in [-0.2, 0) is 14.6 Å². The summed E-state index contributed by atoms with van der Waals surface area (Å²) >= 11 is 5.10. The monoisotopic (exact) mass is 318 g/mol. The van der Waals surface area contributed by atoms with E-state index in [1.54, 1.807) is 0 Å². The van der Waals surface area contributed by atoms with Gasteiger partial charge in [-0.05, 0) is 25.7 Å². The fraction of sp³-hybridized carbons (Fsp3) is 0.846. The first-order valence-electron chi connectivity index (χ1n) is 7.18. The Morgan fingerprint density at radius 3 is 2.40 bits per heavy atom. The Hall–Kier alpha value is -0.690. The van der Waals surface area contributed by atoms with Crippen LogP contribution >= 0.6 is 12.2 Å². The lowest BCUT2D eigenvalue weighted by molar-refractivity contribution is -0.128. The van der Waals surface area contributed by atoms with Gasteiger partial charge in [0, 0.05) is 6.54 Å². The zero-order valence-corrected chi connectivity index (χ0v) is 13.2. The Morgan fingerprint density at radius 1 is 1.25 bits per heavy atom. The number of carbonyl (C=O) groups excluding carboxylic acids is 1. The highest BCUT2D eigenvalue weighted by molar-refractivity contribution is 7.92. The largest absolute Gasteiger partial charge is 0.392 e. The van der Waals surface area contributed by atoms with Crippen molar-refractivity contribution in [2.45, 2.75) is 50.2 Å². The third kappa shape index (κ3) is 2.98. The van der Waals surface area contributed by atoms with E-state index in [-0.39, 0.29) is 23.2 Å². The van der Waals surface area contributed by atoms with Crippen molar-refractivity contribution in [2.75, 3.05) is 12.3 Å². The summed E-state index contributed by atoms with van der Waals surface area (Å²) in [5, 5.41) is 2.34. The first kappa shape index (κ1) is 15.7. The molecule has 1 saturated carbocycles. The summed E-state index contributed by atoms with van der Waals surface area (Å²) in [4.78, 5) is 12.7. The first-order valence-corrected chi connectivity index (χ1v) is 9.31. The summed E-state index contributed by atoms with van der Waals surface area (Å²) in [6.07, 6.45) is 5.62. The molecule has 1 unspecified atom stereocenters. The summed E-state index contributed by atoms with van der Waals surface area (Å²) in [6.45, 7) is 0.186. The molecule has 0 aromatic rings. The van der Waals surface area contributed by atoms with Crippen LogP contribution in [0.15, 0.2) is 0 Å². The van der Waals surface area contributed by atoms with E-state index in [1.165, 1.54) is 0 Å². The van der Waals surface area contributed by atoms with Gasteiger partial charge in [0.05, 0.1) is 21.4 Å². The van der Waals surface area contributed by atoms with Gasteiger partial charge in [0.2, 0.25) is 5.91 Å². The molecule has 3 N–H and O–H groups in total. The number of thiocarbonyl (C=S) groups is 1. The molecule has 0 aromatic carbocycles. The van der Waals surface area contributed by atoms with Gasteiger partial charge in [-0.2, -0.15) is 0 Å². The van der Waals surface area contributed by atoms with Crippen LogP contribution in [0.25, 0.3) is 0 Å². The highest BCUT2D eigenvalue weighted by atomic mass is 32.2. The molecule has 2 aliphatic rings. The SMILES string of the molecule is NC(=S)C1(C(=O)NCC2CCCS2(=O)=O)CCCCC1. The van der Waals surface area contributed by atoms with E-state index in [9.17, 15) is 13.2 Å². The number of sulfone groups is 1. The van der Waals surface area contributed by atoms with E-state index in [1.807, 2.05) is 0 Å². The normalized spacial score (nSPS) is 27.9. The molecule has 1 atom stereocenters. The van der Waals surface area contributed by atoms with Crippen molar-refractivity contribution in [3.63, 3.8) is 0 Å². The number of nitrogens with two attached hydrogens (primary N) is 1. The second-order valence-corrected chi connectivity index (χ2v) is 8.69. The lowest BCUT2D eigenvalue weighted by Gasteiger charge is -2.35. The number of rotatable bonds is 4. The predicted molar refractivity (Wildman–Crippen MR) is 82.1 cm³/mol. The van der Waals surface area contributed by atoms with Gasteiger partial charge < -0.3 is 11.1 Å². The Bertz CT molecular complexity index is 496. The van der Waals surface area contributed by atoms with E-state index >= 15 is 0 Å². The number of nitrogens with one attached hydrogen (secondary N) is 1. The topological polar surface area (TPSA) is 89.3 Å². The third-order valence-corrected chi connectivity index (χ3v) is 7.23. The molecule has 1 amide bonds. The standard InChI is InChI=1S/C13H22N2O3S2/c14-11(19)13(6-2-1-3-7-13)12(16)15-9-10-5-4-8-20(10,17)18/h10H,1-9H2,(H2,14,19)(H,15,16). The summed E-state index contributed by atoms with van der Waals surface area (Å²) in [5.74, 6) is 0.0420. The number of hydrogen-bond donors (Lipinski definition) is 2. The van der Waals surface area contributed by atoms with Crippen LogP contribution in [0.1, 0.15) is 44.9 Å². The van der Waals surface area contributed by atoms with Crippen LogP contribution in [0, 0.1) is 5.41 Å². The fourth-order valence-corrected chi connectivity index (χ4v) is 5.27. The summed E-state index contributed by atoms with van der Waals surface area (Å²) < 4.78 is 23.5.